The zero-order valence-electron chi connectivity index (χ0n) is 8.82. The van der Waals surface area contributed by atoms with Gasteiger partial charge in [-0.15, -0.1) is 0 Å². The van der Waals surface area contributed by atoms with E-state index in [1.54, 1.807) is 12.1 Å². The van der Waals surface area contributed by atoms with Crippen molar-refractivity contribution in [3.05, 3.63) is 29.8 Å². The third kappa shape index (κ3) is 2.51. The van der Waals surface area contributed by atoms with Gasteiger partial charge in [0.05, 0.1) is 0 Å². The van der Waals surface area contributed by atoms with E-state index in [4.69, 9.17) is 0 Å². The quantitative estimate of drug-likeness (QED) is 0.805. The lowest BCUT2D eigenvalue weighted by atomic mass is 10.1. The molecule has 0 aromatic heterocycles. The molecule has 0 bridgehead atoms. The highest BCUT2D eigenvalue weighted by molar-refractivity contribution is 5.94. The first-order chi connectivity index (χ1) is 7.65. The summed E-state index contributed by atoms with van der Waals surface area (Å²) >= 11 is 0. The van der Waals surface area contributed by atoms with Crippen LogP contribution in [0.3, 0.4) is 0 Å². The Bertz CT molecular complexity index is 394. The van der Waals surface area contributed by atoms with E-state index in [0.29, 0.717) is 24.8 Å². The Hall–Kier alpha value is -1.58. The zero-order chi connectivity index (χ0) is 11.5. The minimum atomic E-state index is -0.797. The molecule has 1 amide bonds. The summed E-state index contributed by atoms with van der Waals surface area (Å²) in [4.78, 5) is 11.7. The molecule has 0 saturated heterocycles. The fourth-order valence-electron chi connectivity index (χ4n) is 1.97. The van der Waals surface area contributed by atoms with Crippen molar-refractivity contribution in [2.45, 2.75) is 31.5 Å². The number of hydrogen-bond donors (Lipinski definition) is 2. The molecule has 0 aliphatic heterocycles. The third-order valence-corrected chi connectivity index (χ3v) is 2.81. The van der Waals surface area contributed by atoms with Crippen LogP contribution in [0.4, 0.5) is 4.39 Å². The van der Waals surface area contributed by atoms with Gasteiger partial charge in [-0.25, -0.2) is 4.39 Å². The van der Waals surface area contributed by atoms with Crippen LogP contribution in [0.25, 0.3) is 0 Å². The Balaban J connectivity index is 1.98. The van der Waals surface area contributed by atoms with Crippen LogP contribution in [0, 0.1) is 0 Å². The minimum Gasteiger partial charge on any atom is -0.508 e. The van der Waals surface area contributed by atoms with Crippen LogP contribution in [-0.2, 0) is 0 Å². The van der Waals surface area contributed by atoms with Crippen molar-refractivity contribution < 1.29 is 14.3 Å². The van der Waals surface area contributed by atoms with Crippen LogP contribution in [0.1, 0.15) is 29.6 Å². The minimum absolute atomic E-state index is 0.0578. The van der Waals surface area contributed by atoms with E-state index in [0.717, 1.165) is 0 Å². The molecule has 1 aliphatic carbocycles. The summed E-state index contributed by atoms with van der Waals surface area (Å²) in [7, 11) is 0. The fraction of sp³-hybridized carbons (Fsp3) is 0.417. The standard InChI is InChI=1S/C12H14FNO2/c13-9-4-5-10(7-9)14-12(16)8-2-1-3-11(15)6-8/h1-3,6,9-10,15H,4-5,7H2,(H,14,16)/t9-,10+/m1/s1. The highest BCUT2D eigenvalue weighted by atomic mass is 19.1. The second kappa shape index (κ2) is 4.51. The highest BCUT2D eigenvalue weighted by Crippen LogP contribution is 2.22. The van der Waals surface area contributed by atoms with Gasteiger partial charge in [0.2, 0.25) is 0 Å². The van der Waals surface area contributed by atoms with Crippen molar-refractivity contribution in [1.82, 2.24) is 5.32 Å². The van der Waals surface area contributed by atoms with Gasteiger partial charge in [0.25, 0.3) is 5.91 Å². The molecule has 1 saturated carbocycles. The molecule has 0 radical (unpaired) electrons. The Morgan fingerprint density at radius 3 is 2.88 bits per heavy atom. The lowest BCUT2D eigenvalue weighted by Gasteiger charge is -2.11. The summed E-state index contributed by atoms with van der Waals surface area (Å²) in [6, 6.07) is 6.06. The van der Waals surface area contributed by atoms with Gasteiger partial charge in [-0.1, -0.05) is 6.07 Å². The molecule has 1 fully saturated rings. The first-order valence-electron chi connectivity index (χ1n) is 5.39. The van der Waals surface area contributed by atoms with E-state index < -0.39 is 6.17 Å². The zero-order valence-corrected chi connectivity index (χ0v) is 8.82. The molecule has 2 rings (SSSR count). The van der Waals surface area contributed by atoms with Gasteiger partial charge in [0.1, 0.15) is 11.9 Å². The summed E-state index contributed by atoms with van der Waals surface area (Å²) < 4.78 is 12.9. The molecular weight excluding hydrogens is 209 g/mol. The number of alkyl halides is 1. The lowest BCUT2D eigenvalue weighted by molar-refractivity contribution is 0.0936. The number of phenolic OH excluding ortho intramolecular Hbond substituents is 1. The number of carbonyl (C=O) groups is 1. The number of amides is 1. The predicted octanol–water partition coefficient (Wildman–Crippen LogP) is 2.01. The molecule has 3 nitrogen and oxygen atoms in total. The highest BCUT2D eigenvalue weighted by Gasteiger charge is 2.25. The van der Waals surface area contributed by atoms with Crippen molar-refractivity contribution in [2.24, 2.45) is 0 Å². The molecule has 1 aliphatic rings. The maximum atomic E-state index is 12.9. The average Bonchev–Trinajstić information content (AvgIpc) is 2.64. The number of benzene rings is 1. The molecule has 16 heavy (non-hydrogen) atoms. The second-order valence-corrected chi connectivity index (χ2v) is 4.13. The van der Waals surface area contributed by atoms with Gasteiger partial charge >= 0.3 is 0 Å². The normalized spacial score (nSPS) is 24.3. The maximum Gasteiger partial charge on any atom is 0.251 e. The van der Waals surface area contributed by atoms with Crippen LogP contribution in [0.5, 0.6) is 5.75 Å². The van der Waals surface area contributed by atoms with Crippen molar-refractivity contribution in [3.63, 3.8) is 0 Å². The molecule has 2 N–H and O–H groups in total. The molecule has 86 valence electrons. The van der Waals surface area contributed by atoms with Gasteiger partial charge in [-0.05, 0) is 37.5 Å². The van der Waals surface area contributed by atoms with E-state index in [1.807, 2.05) is 0 Å². The first-order valence-corrected chi connectivity index (χ1v) is 5.39. The summed E-state index contributed by atoms with van der Waals surface area (Å²) in [5, 5.41) is 12.0. The van der Waals surface area contributed by atoms with Gasteiger partial charge in [0.15, 0.2) is 0 Å². The molecule has 2 atom stereocenters. The predicted molar refractivity (Wildman–Crippen MR) is 58.1 cm³/mol. The van der Waals surface area contributed by atoms with Crippen LogP contribution >= 0.6 is 0 Å². The molecular formula is C12H14FNO2. The van der Waals surface area contributed by atoms with Crippen molar-refractivity contribution in [1.29, 1.82) is 0 Å². The number of aromatic hydroxyl groups is 1. The number of phenols is 1. The van der Waals surface area contributed by atoms with Crippen LogP contribution in [0.2, 0.25) is 0 Å². The summed E-state index contributed by atoms with van der Waals surface area (Å²) in [5.41, 5.74) is 0.405. The van der Waals surface area contributed by atoms with E-state index in [-0.39, 0.29) is 17.7 Å². The van der Waals surface area contributed by atoms with E-state index in [1.165, 1.54) is 12.1 Å². The monoisotopic (exact) mass is 223 g/mol. The van der Waals surface area contributed by atoms with Crippen molar-refractivity contribution in [3.8, 4) is 5.75 Å². The van der Waals surface area contributed by atoms with E-state index in [9.17, 15) is 14.3 Å². The second-order valence-electron chi connectivity index (χ2n) is 4.13. The van der Waals surface area contributed by atoms with Crippen LogP contribution in [0.15, 0.2) is 24.3 Å². The largest absolute Gasteiger partial charge is 0.508 e. The number of nitrogens with one attached hydrogen (secondary N) is 1. The molecule has 0 heterocycles. The number of rotatable bonds is 2. The van der Waals surface area contributed by atoms with E-state index in [2.05, 4.69) is 5.32 Å². The van der Waals surface area contributed by atoms with Gasteiger partial charge in [-0.2, -0.15) is 0 Å². The maximum absolute atomic E-state index is 12.9. The third-order valence-electron chi connectivity index (χ3n) is 2.81. The van der Waals surface area contributed by atoms with Gasteiger partial charge < -0.3 is 10.4 Å². The molecule has 0 unspecified atom stereocenters. The van der Waals surface area contributed by atoms with Crippen LogP contribution < -0.4 is 5.32 Å². The number of carbonyl (C=O) groups excluding carboxylic acids is 1. The SMILES string of the molecule is O=C(N[C@H]1CC[C@@H](F)C1)c1cccc(O)c1. The summed E-state index contributed by atoms with van der Waals surface area (Å²) in [6.07, 6.45) is 0.802. The average molecular weight is 223 g/mol. The first kappa shape index (κ1) is 10.9. The smallest absolute Gasteiger partial charge is 0.251 e. The van der Waals surface area contributed by atoms with Crippen molar-refractivity contribution >= 4 is 5.91 Å². The Morgan fingerprint density at radius 1 is 1.44 bits per heavy atom. The Labute approximate surface area is 93.3 Å². The Morgan fingerprint density at radius 2 is 2.25 bits per heavy atom. The summed E-state index contributed by atoms with van der Waals surface area (Å²) in [5.74, 6) is -0.197. The molecule has 1 aromatic rings. The molecule has 4 heteroatoms. The Kier molecular flexibility index (Phi) is 3.08. The van der Waals surface area contributed by atoms with Crippen molar-refractivity contribution in [2.75, 3.05) is 0 Å². The van der Waals surface area contributed by atoms with Gasteiger partial charge in [0, 0.05) is 11.6 Å². The lowest BCUT2D eigenvalue weighted by Crippen LogP contribution is -2.32. The number of hydrogen-bond acceptors (Lipinski definition) is 2. The molecule has 0 spiro atoms. The number of halogens is 1. The molecule has 1 aromatic carbocycles. The van der Waals surface area contributed by atoms with Crippen LogP contribution in [-0.4, -0.2) is 23.2 Å². The van der Waals surface area contributed by atoms with E-state index >= 15 is 0 Å². The fourth-order valence-corrected chi connectivity index (χ4v) is 1.97. The summed E-state index contributed by atoms with van der Waals surface area (Å²) in [6.45, 7) is 0. The topological polar surface area (TPSA) is 49.3 Å². The van der Waals surface area contributed by atoms with Gasteiger partial charge in [-0.3, -0.25) is 4.79 Å².